The van der Waals surface area contributed by atoms with E-state index in [0.717, 1.165) is 38.5 Å². The number of morpholine rings is 1. The highest BCUT2D eigenvalue weighted by Crippen LogP contribution is 2.24. The van der Waals surface area contributed by atoms with Gasteiger partial charge < -0.3 is 14.1 Å². The number of unbranched alkanes of at least 4 members (excludes halogenated alkanes) is 1. The predicted octanol–water partition coefficient (Wildman–Crippen LogP) is 2.46. The van der Waals surface area contributed by atoms with Crippen LogP contribution in [0, 0.1) is 0 Å². The Bertz CT molecular complexity index is 290. The van der Waals surface area contributed by atoms with Crippen LogP contribution in [-0.4, -0.2) is 26.3 Å². The van der Waals surface area contributed by atoms with Crippen LogP contribution in [0.25, 0.3) is 0 Å². The molecule has 0 aliphatic carbocycles. The summed E-state index contributed by atoms with van der Waals surface area (Å²) in [5.74, 6) is 1.14. The largest absolute Gasteiger partial charge is 0.467 e. The van der Waals surface area contributed by atoms with Crippen molar-refractivity contribution in [1.82, 2.24) is 0 Å². The Kier molecular flexibility index (Phi) is 3.67. The highest BCUT2D eigenvalue weighted by Gasteiger charge is 2.16. The molecule has 0 radical (unpaired) electrons. The molecule has 3 nitrogen and oxygen atoms in total. The van der Waals surface area contributed by atoms with Gasteiger partial charge in [-0.15, -0.1) is 0 Å². The van der Waals surface area contributed by atoms with Gasteiger partial charge in [0.1, 0.15) is 5.76 Å². The van der Waals surface area contributed by atoms with Crippen LogP contribution in [0.4, 0.5) is 5.69 Å². The molecular weight excluding hydrogens is 190 g/mol. The summed E-state index contributed by atoms with van der Waals surface area (Å²) < 4.78 is 10.9. The molecule has 1 aliphatic heterocycles. The first-order valence-electron chi connectivity index (χ1n) is 5.81. The van der Waals surface area contributed by atoms with E-state index in [0.29, 0.717) is 0 Å². The maximum atomic E-state index is 5.54. The third-order valence-electron chi connectivity index (χ3n) is 2.83. The van der Waals surface area contributed by atoms with Crippen molar-refractivity contribution in [2.75, 3.05) is 31.2 Å². The van der Waals surface area contributed by atoms with Gasteiger partial charge >= 0.3 is 0 Å². The minimum absolute atomic E-state index is 0.832. The summed E-state index contributed by atoms with van der Waals surface area (Å²) in [6.45, 7) is 5.84. The lowest BCUT2D eigenvalue weighted by atomic mass is 10.2. The van der Waals surface area contributed by atoms with E-state index in [4.69, 9.17) is 9.15 Å². The van der Waals surface area contributed by atoms with Crippen LogP contribution in [0.1, 0.15) is 25.5 Å². The van der Waals surface area contributed by atoms with Crippen molar-refractivity contribution in [1.29, 1.82) is 0 Å². The maximum Gasteiger partial charge on any atom is 0.127 e. The second kappa shape index (κ2) is 5.21. The maximum absolute atomic E-state index is 5.54. The minimum Gasteiger partial charge on any atom is -0.467 e. The van der Waals surface area contributed by atoms with Gasteiger partial charge in [-0.1, -0.05) is 13.3 Å². The Balaban J connectivity index is 2.02. The summed E-state index contributed by atoms with van der Waals surface area (Å²) in [5.41, 5.74) is 1.27. The van der Waals surface area contributed by atoms with E-state index in [2.05, 4.69) is 17.9 Å². The Hall–Kier alpha value is -0.960. The van der Waals surface area contributed by atoms with Crippen molar-refractivity contribution in [2.45, 2.75) is 26.2 Å². The van der Waals surface area contributed by atoms with Crippen molar-refractivity contribution in [2.24, 2.45) is 0 Å². The predicted molar refractivity (Wildman–Crippen MR) is 60.4 cm³/mol. The molecule has 0 amide bonds. The number of rotatable bonds is 4. The zero-order valence-electron chi connectivity index (χ0n) is 9.37. The van der Waals surface area contributed by atoms with Gasteiger partial charge in [0.05, 0.1) is 25.2 Å². The van der Waals surface area contributed by atoms with Crippen molar-refractivity contribution in [3.05, 3.63) is 18.1 Å². The number of ether oxygens (including phenoxy) is 1. The quantitative estimate of drug-likeness (QED) is 0.761. The summed E-state index contributed by atoms with van der Waals surface area (Å²) in [7, 11) is 0. The smallest absolute Gasteiger partial charge is 0.127 e. The number of hydrogen-bond acceptors (Lipinski definition) is 3. The fourth-order valence-corrected chi connectivity index (χ4v) is 1.94. The molecule has 1 saturated heterocycles. The van der Waals surface area contributed by atoms with Crippen molar-refractivity contribution in [3.8, 4) is 0 Å². The summed E-state index contributed by atoms with van der Waals surface area (Å²) in [4.78, 5) is 2.36. The molecule has 2 heterocycles. The van der Waals surface area contributed by atoms with Gasteiger partial charge in [0, 0.05) is 25.6 Å². The SMILES string of the molecule is CCCCc1occc1N1CCOCC1. The second-order valence-electron chi connectivity index (χ2n) is 3.93. The van der Waals surface area contributed by atoms with E-state index in [1.54, 1.807) is 6.26 Å². The second-order valence-corrected chi connectivity index (χ2v) is 3.93. The molecule has 0 atom stereocenters. The highest BCUT2D eigenvalue weighted by atomic mass is 16.5. The molecule has 3 heteroatoms. The number of anilines is 1. The molecule has 0 bridgehead atoms. The molecule has 15 heavy (non-hydrogen) atoms. The first-order chi connectivity index (χ1) is 7.42. The standard InChI is InChI=1S/C12H19NO2/c1-2-3-4-12-11(5-8-15-12)13-6-9-14-10-7-13/h5,8H,2-4,6-7,9-10H2,1H3. The lowest BCUT2D eigenvalue weighted by molar-refractivity contribution is 0.122. The monoisotopic (exact) mass is 209 g/mol. The van der Waals surface area contributed by atoms with E-state index in [-0.39, 0.29) is 0 Å². The minimum atomic E-state index is 0.832. The molecule has 1 aromatic rings. The van der Waals surface area contributed by atoms with E-state index >= 15 is 0 Å². The average Bonchev–Trinajstić information content (AvgIpc) is 2.75. The van der Waals surface area contributed by atoms with Gasteiger partial charge in [0.25, 0.3) is 0 Å². The Morgan fingerprint density at radius 3 is 2.87 bits per heavy atom. The third kappa shape index (κ3) is 2.53. The fourth-order valence-electron chi connectivity index (χ4n) is 1.94. The zero-order valence-corrected chi connectivity index (χ0v) is 9.37. The normalized spacial score (nSPS) is 17.0. The first kappa shape index (κ1) is 10.6. The van der Waals surface area contributed by atoms with Gasteiger partial charge in [-0.25, -0.2) is 0 Å². The van der Waals surface area contributed by atoms with Crippen molar-refractivity contribution in [3.63, 3.8) is 0 Å². The molecule has 84 valence electrons. The van der Waals surface area contributed by atoms with Crippen LogP contribution in [0.2, 0.25) is 0 Å². The van der Waals surface area contributed by atoms with E-state index in [1.165, 1.54) is 18.5 Å². The topological polar surface area (TPSA) is 25.6 Å². The summed E-state index contributed by atoms with van der Waals surface area (Å²) in [6, 6.07) is 2.08. The van der Waals surface area contributed by atoms with Crippen LogP contribution in [-0.2, 0) is 11.2 Å². The van der Waals surface area contributed by atoms with E-state index in [1.807, 2.05) is 0 Å². The van der Waals surface area contributed by atoms with Crippen LogP contribution in [0.5, 0.6) is 0 Å². The van der Waals surface area contributed by atoms with Gasteiger partial charge in [0.15, 0.2) is 0 Å². The first-order valence-corrected chi connectivity index (χ1v) is 5.81. The molecule has 0 N–H and O–H groups in total. The van der Waals surface area contributed by atoms with E-state index < -0.39 is 0 Å². The number of nitrogens with zero attached hydrogens (tertiary/aromatic N) is 1. The lowest BCUT2D eigenvalue weighted by Crippen LogP contribution is -2.36. The molecule has 1 aliphatic rings. The van der Waals surface area contributed by atoms with Crippen LogP contribution in [0.15, 0.2) is 16.7 Å². The fraction of sp³-hybridized carbons (Fsp3) is 0.667. The number of furan rings is 1. The molecule has 1 aromatic heterocycles. The molecule has 0 unspecified atom stereocenters. The molecule has 0 saturated carbocycles. The Morgan fingerprint density at radius 1 is 1.33 bits per heavy atom. The third-order valence-corrected chi connectivity index (χ3v) is 2.83. The molecule has 0 aromatic carbocycles. The Morgan fingerprint density at radius 2 is 2.13 bits per heavy atom. The number of aryl methyl sites for hydroxylation is 1. The molecular formula is C12H19NO2. The molecule has 1 fully saturated rings. The van der Waals surface area contributed by atoms with Crippen molar-refractivity contribution < 1.29 is 9.15 Å². The molecule has 0 spiro atoms. The number of hydrogen-bond donors (Lipinski definition) is 0. The van der Waals surface area contributed by atoms with Gasteiger partial charge in [-0.05, 0) is 6.42 Å². The van der Waals surface area contributed by atoms with Crippen LogP contribution < -0.4 is 4.90 Å². The van der Waals surface area contributed by atoms with Gasteiger partial charge in [-0.2, -0.15) is 0 Å². The van der Waals surface area contributed by atoms with Gasteiger partial charge in [-0.3, -0.25) is 0 Å². The van der Waals surface area contributed by atoms with E-state index in [9.17, 15) is 0 Å². The summed E-state index contributed by atoms with van der Waals surface area (Å²) >= 11 is 0. The van der Waals surface area contributed by atoms with Crippen LogP contribution in [0.3, 0.4) is 0 Å². The highest BCUT2D eigenvalue weighted by molar-refractivity contribution is 5.49. The zero-order chi connectivity index (χ0) is 10.5. The lowest BCUT2D eigenvalue weighted by Gasteiger charge is -2.28. The van der Waals surface area contributed by atoms with Crippen LogP contribution >= 0.6 is 0 Å². The summed E-state index contributed by atoms with van der Waals surface area (Å²) in [6.07, 6.45) is 5.26. The Labute approximate surface area is 91.0 Å². The van der Waals surface area contributed by atoms with Crippen molar-refractivity contribution >= 4 is 5.69 Å². The van der Waals surface area contributed by atoms with Gasteiger partial charge in [0.2, 0.25) is 0 Å². The molecule has 2 rings (SSSR count). The average molecular weight is 209 g/mol. The summed E-state index contributed by atoms with van der Waals surface area (Å²) in [5, 5.41) is 0.